The molecule has 0 saturated heterocycles. The second-order valence-corrected chi connectivity index (χ2v) is 3.98. The van der Waals surface area contributed by atoms with Crippen LogP contribution in [-0.4, -0.2) is 32.8 Å². The van der Waals surface area contributed by atoms with Crippen LogP contribution in [0.2, 0.25) is 0 Å². The summed E-state index contributed by atoms with van der Waals surface area (Å²) in [4.78, 5) is 11.7. The van der Waals surface area contributed by atoms with Crippen LogP contribution in [0, 0.1) is 0 Å². The van der Waals surface area contributed by atoms with Gasteiger partial charge < -0.3 is 10.6 Å². The van der Waals surface area contributed by atoms with Gasteiger partial charge in [0.2, 0.25) is 10.1 Å². The lowest BCUT2D eigenvalue weighted by atomic mass is 10.5. The second kappa shape index (κ2) is 5.30. The average Bonchev–Trinajstić information content (AvgIpc) is 2.79. The van der Waals surface area contributed by atoms with Crippen LogP contribution in [-0.2, 0) is 0 Å². The molecule has 88 valence electrons. The number of rotatable bonds is 4. The van der Waals surface area contributed by atoms with E-state index in [1.165, 1.54) is 17.5 Å². The van der Waals surface area contributed by atoms with E-state index in [1.54, 1.807) is 12.1 Å². The van der Waals surface area contributed by atoms with Crippen molar-refractivity contribution in [3.8, 4) is 0 Å². The zero-order chi connectivity index (χ0) is 12.1. The molecule has 8 heteroatoms. The Hall–Kier alpha value is -2.09. The molecule has 0 atom stereocenters. The van der Waals surface area contributed by atoms with Crippen molar-refractivity contribution in [1.82, 2.24) is 20.4 Å². The van der Waals surface area contributed by atoms with Gasteiger partial charge in [-0.15, -0.1) is 15.3 Å². The Kier molecular flexibility index (Phi) is 3.55. The quantitative estimate of drug-likeness (QED) is 0.841. The topological polar surface area (TPSA) is 92.7 Å². The maximum Gasteiger partial charge on any atom is 0.287 e. The van der Waals surface area contributed by atoms with Gasteiger partial charge in [0.05, 0.1) is 0 Å². The largest absolute Gasteiger partial charge is 0.360 e. The average molecular weight is 250 g/mol. The van der Waals surface area contributed by atoms with Crippen molar-refractivity contribution < 1.29 is 4.79 Å². The normalized spacial score (nSPS) is 9.94. The Labute approximate surface area is 101 Å². The lowest BCUT2D eigenvalue weighted by molar-refractivity contribution is 0.102. The molecule has 0 aromatic carbocycles. The molecule has 0 saturated carbocycles. The predicted octanol–water partition coefficient (Wildman–Crippen LogP) is 1.01. The van der Waals surface area contributed by atoms with Crippen LogP contribution in [0.25, 0.3) is 0 Å². The second-order valence-electron chi connectivity index (χ2n) is 3.01. The van der Waals surface area contributed by atoms with Crippen LogP contribution >= 0.6 is 11.3 Å². The van der Waals surface area contributed by atoms with E-state index in [0.29, 0.717) is 10.9 Å². The number of nitrogens with zero attached hydrogens (tertiary/aromatic N) is 4. The summed E-state index contributed by atoms with van der Waals surface area (Å²) in [5.41, 5.74) is 0. The van der Waals surface area contributed by atoms with Crippen molar-refractivity contribution in [1.29, 1.82) is 0 Å². The minimum absolute atomic E-state index is 0.284. The standard InChI is InChI=1S/C9H10N6OS/c1-2-10-9-15-14-8(17-9)7(16)12-6-4-3-5-11-13-6/h3-5H,2H2,1H3,(H,10,15)(H,12,13,16). The zero-order valence-corrected chi connectivity index (χ0v) is 9.86. The van der Waals surface area contributed by atoms with Gasteiger partial charge in [-0.25, -0.2) is 0 Å². The molecule has 0 aliphatic heterocycles. The van der Waals surface area contributed by atoms with Gasteiger partial charge in [-0.2, -0.15) is 5.10 Å². The van der Waals surface area contributed by atoms with E-state index in [9.17, 15) is 4.79 Å². The van der Waals surface area contributed by atoms with Crippen LogP contribution in [0.1, 0.15) is 16.7 Å². The van der Waals surface area contributed by atoms with Gasteiger partial charge in [-0.05, 0) is 19.1 Å². The molecular weight excluding hydrogens is 240 g/mol. The number of carbonyl (C=O) groups is 1. The highest BCUT2D eigenvalue weighted by atomic mass is 32.1. The number of hydrogen-bond donors (Lipinski definition) is 2. The molecule has 0 aliphatic carbocycles. The van der Waals surface area contributed by atoms with Gasteiger partial charge in [0.25, 0.3) is 5.91 Å². The molecule has 1 amide bonds. The Morgan fingerprint density at radius 3 is 3.00 bits per heavy atom. The van der Waals surface area contributed by atoms with Gasteiger partial charge in [-0.3, -0.25) is 4.79 Å². The fourth-order valence-corrected chi connectivity index (χ4v) is 1.78. The van der Waals surface area contributed by atoms with E-state index in [4.69, 9.17) is 0 Å². The highest BCUT2D eigenvalue weighted by molar-refractivity contribution is 7.17. The van der Waals surface area contributed by atoms with E-state index in [-0.39, 0.29) is 10.9 Å². The number of anilines is 2. The molecule has 0 spiro atoms. The molecule has 17 heavy (non-hydrogen) atoms. The van der Waals surface area contributed by atoms with Gasteiger partial charge in [0.15, 0.2) is 5.82 Å². The van der Waals surface area contributed by atoms with E-state index in [2.05, 4.69) is 31.0 Å². The summed E-state index contributed by atoms with van der Waals surface area (Å²) in [7, 11) is 0. The number of carbonyl (C=O) groups excluding carboxylic acids is 1. The molecule has 7 nitrogen and oxygen atoms in total. The molecule has 0 unspecified atom stereocenters. The third-order valence-electron chi connectivity index (χ3n) is 1.76. The Morgan fingerprint density at radius 1 is 1.41 bits per heavy atom. The number of nitrogens with one attached hydrogen (secondary N) is 2. The molecule has 2 rings (SSSR count). The van der Waals surface area contributed by atoms with Crippen LogP contribution in [0.15, 0.2) is 18.3 Å². The third kappa shape index (κ3) is 2.94. The maximum absolute atomic E-state index is 11.7. The molecule has 2 aromatic heterocycles. The molecule has 0 aliphatic rings. The molecular formula is C9H10N6OS. The van der Waals surface area contributed by atoms with Crippen molar-refractivity contribution in [3.63, 3.8) is 0 Å². The minimum atomic E-state index is -0.341. The Bertz CT molecular complexity index is 499. The minimum Gasteiger partial charge on any atom is -0.360 e. The van der Waals surface area contributed by atoms with Gasteiger partial charge in [-0.1, -0.05) is 11.3 Å². The first-order valence-corrected chi connectivity index (χ1v) is 5.77. The summed E-state index contributed by atoms with van der Waals surface area (Å²) in [6, 6.07) is 3.34. The Balaban J connectivity index is 2.04. The SMILES string of the molecule is CCNc1nnc(C(=O)Nc2cccnn2)s1. The van der Waals surface area contributed by atoms with Crippen molar-refractivity contribution in [2.45, 2.75) is 6.92 Å². The highest BCUT2D eigenvalue weighted by Gasteiger charge is 2.13. The van der Waals surface area contributed by atoms with Crippen LogP contribution in [0.5, 0.6) is 0 Å². The van der Waals surface area contributed by atoms with Crippen molar-refractivity contribution in [2.24, 2.45) is 0 Å². The monoisotopic (exact) mass is 250 g/mol. The summed E-state index contributed by atoms with van der Waals surface area (Å²) in [6.45, 7) is 2.68. The smallest absolute Gasteiger partial charge is 0.287 e. The van der Waals surface area contributed by atoms with Crippen LogP contribution in [0.4, 0.5) is 10.9 Å². The van der Waals surface area contributed by atoms with Crippen molar-refractivity contribution >= 4 is 28.2 Å². The lowest BCUT2D eigenvalue weighted by Crippen LogP contribution is -2.12. The van der Waals surface area contributed by atoms with Gasteiger partial charge >= 0.3 is 0 Å². The number of aromatic nitrogens is 4. The van der Waals surface area contributed by atoms with Crippen LogP contribution in [0.3, 0.4) is 0 Å². The first-order valence-electron chi connectivity index (χ1n) is 4.96. The van der Waals surface area contributed by atoms with E-state index in [1.807, 2.05) is 6.92 Å². The van der Waals surface area contributed by atoms with E-state index < -0.39 is 0 Å². The molecule has 0 bridgehead atoms. The maximum atomic E-state index is 11.7. The summed E-state index contributed by atoms with van der Waals surface area (Å²) in [5.74, 6) is 0.0462. The van der Waals surface area contributed by atoms with Gasteiger partial charge in [0, 0.05) is 12.7 Å². The van der Waals surface area contributed by atoms with Gasteiger partial charge in [0.1, 0.15) is 0 Å². The molecule has 2 heterocycles. The summed E-state index contributed by atoms with van der Waals surface area (Å²) in [5, 5.41) is 21.5. The predicted molar refractivity (Wildman–Crippen MR) is 64.1 cm³/mol. The molecule has 0 radical (unpaired) electrons. The molecule has 2 aromatic rings. The third-order valence-corrected chi connectivity index (χ3v) is 2.64. The first kappa shape index (κ1) is 11.4. The zero-order valence-electron chi connectivity index (χ0n) is 9.04. The lowest BCUT2D eigenvalue weighted by Gasteiger charge is -1.98. The highest BCUT2D eigenvalue weighted by Crippen LogP contribution is 2.15. The summed E-state index contributed by atoms with van der Waals surface area (Å²) >= 11 is 1.19. The summed E-state index contributed by atoms with van der Waals surface area (Å²) in [6.07, 6.45) is 1.53. The molecule has 2 N–H and O–H groups in total. The number of hydrogen-bond acceptors (Lipinski definition) is 7. The number of amides is 1. The van der Waals surface area contributed by atoms with Crippen LogP contribution < -0.4 is 10.6 Å². The Morgan fingerprint density at radius 2 is 2.29 bits per heavy atom. The van der Waals surface area contributed by atoms with E-state index in [0.717, 1.165) is 6.54 Å². The first-order chi connectivity index (χ1) is 8.29. The fraction of sp³-hybridized carbons (Fsp3) is 0.222. The molecule has 0 fully saturated rings. The van der Waals surface area contributed by atoms with E-state index >= 15 is 0 Å². The summed E-state index contributed by atoms with van der Waals surface area (Å²) < 4.78 is 0. The van der Waals surface area contributed by atoms with Crippen molar-refractivity contribution in [2.75, 3.05) is 17.2 Å². The van der Waals surface area contributed by atoms with Crippen molar-refractivity contribution in [3.05, 3.63) is 23.3 Å². The fourth-order valence-electron chi connectivity index (χ4n) is 1.08.